The maximum absolute atomic E-state index is 12.2. The second-order valence-electron chi connectivity index (χ2n) is 5.46. The first-order chi connectivity index (χ1) is 12.0. The number of halogens is 2. The number of benzene rings is 2. The van der Waals surface area contributed by atoms with Crippen LogP contribution in [0, 0.1) is 0 Å². The smallest absolute Gasteiger partial charge is 0.191 e. The molecule has 2 aromatic carbocycles. The first kappa shape index (κ1) is 22.7. The van der Waals surface area contributed by atoms with E-state index in [-0.39, 0.29) is 29.7 Å². The van der Waals surface area contributed by atoms with Gasteiger partial charge >= 0.3 is 0 Å². The van der Waals surface area contributed by atoms with Gasteiger partial charge in [-0.15, -0.1) is 24.0 Å². The van der Waals surface area contributed by atoms with Crippen molar-refractivity contribution in [2.24, 2.45) is 4.99 Å². The number of hydrogen-bond acceptors (Lipinski definition) is 3. The lowest BCUT2D eigenvalue weighted by molar-refractivity contribution is 0.592. The molecule has 0 saturated carbocycles. The fourth-order valence-corrected chi connectivity index (χ4v) is 3.68. The number of aliphatic imine (C=N–C) groups is 1. The first-order valence-electron chi connectivity index (χ1n) is 7.98. The van der Waals surface area contributed by atoms with E-state index >= 15 is 0 Å². The van der Waals surface area contributed by atoms with Crippen LogP contribution in [0.4, 0.5) is 0 Å². The summed E-state index contributed by atoms with van der Waals surface area (Å²) in [7, 11) is -1.56. The van der Waals surface area contributed by atoms with Crippen molar-refractivity contribution in [3.05, 3.63) is 65.2 Å². The second kappa shape index (κ2) is 11.4. The predicted molar refractivity (Wildman–Crippen MR) is 118 cm³/mol. The third-order valence-corrected chi connectivity index (χ3v) is 5.65. The summed E-state index contributed by atoms with van der Waals surface area (Å²) in [5, 5.41) is 7.00. The lowest BCUT2D eigenvalue weighted by Crippen LogP contribution is -2.37. The molecule has 0 heterocycles. The van der Waals surface area contributed by atoms with E-state index in [1.54, 1.807) is 37.4 Å². The van der Waals surface area contributed by atoms with Crippen LogP contribution < -0.4 is 10.6 Å². The summed E-state index contributed by atoms with van der Waals surface area (Å²) in [5.41, 5.74) is 1.08. The normalized spacial score (nSPS) is 11.5. The van der Waals surface area contributed by atoms with E-state index in [0.29, 0.717) is 35.4 Å². The van der Waals surface area contributed by atoms with Gasteiger partial charge in [0.05, 0.1) is 10.6 Å². The van der Waals surface area contributed by atoms with Gasteiger partial charge in [-0.25, -0.2) is 8.42 Å². The minimum Gasteiger partial charge on any atom is -0.356 e. The Hall–Kier alpha value is -1.32. The summed E-state index contributed by atoms with van der Waals surface area (Å²) in [5.74, 6) is 0.727. The standard InChI is InChI=1S/C18H22ClN3O2S.HI/c1-20-18(22-14-15-8-10-16(19)11-9-15)21-12-5-13-25(23,24)17-6-3-2-4-7-17;/h2-4,6-11H,5,12-14H2,1H3,(H2,20,21,22);1H. The van der Waals surface area contributed by atoms with Crippen LogP contribution in [-0.2, 0) is 16.4 Å². The lowest BCUT2D eigenvalue weighted by Gasteiger charge is -2.12. The number of hydrogen-bond donors (Lipinski definition) is 2. The fraction of sp³-hybridized carbons (Fsp3) is 0.278. The summed E-state index contributed by atoms with van der Waals surface area (Å²) in [6.45, 7) is 1.13. The zero-order valence-electron chi connectivity index (χ0n) is 14.5. The monoisotopic (exact) mass is 507 g/mol. The third kappa shape index (κ3) is 7.51. The molecule has 8 heteroatoms. The van der Waals surface area contributed by atoms with E-state index in [1.165, 1.54) is 0 Å². The van der Waals surface area contributed by atoms with Crippen LogP contribution in [0.2, 0.25) is 5.02 Å². The Morgan fingerprint density at radius 3 is 2.31 bits per heavy atom. The van der Waals surface area contributed by atoms with Crippen molar-refractivity contribution in [1.82, 2.24) is 10.6 Å². The molecule has 0 radical (unpaired) electrons. The third-order valence-electron chi connectivity index (χ3n) is 3.58. The molecule has 0 aromatic heterocycles. The lowest BCUT2D eigenvalue weighted by atomic mass is 10.2. The molecular formula is C18H23ClIN3O2S. The zero-order chi connectivity index (χ0) is 18.1. The topological polar surface area (TPSA) is 70.6 Å². The van der Waals surface area contributed by atoms with E-state index in [2.05, 4.69) is 15.6 Å². The van der Waals surface area contributed by atoms with E-state index < -0.39 is 9.84 Å². The largest absolute Gasteiger partial charge is 0.356 e. The number of nitrogens with one attached hydrogen (secondary N) is 2. The summed E-state index contributed by atoms with van der Waals surface area (Å²) >= 11 is 5.86. The highest BCUT2D eigenvalue weighted by atomic mass is 127. The van der Waals surface area contributed by atoms with Crippen LogP contribution >= 0.6 is 35.6 Å². The van der Waals surface area contributed by atoms with Crippen LogP contribution in [0.5, 0.6) is 0 Å². The molecule has 0 aliphatic carbocycles. The predicted octanol–water partition coefficient (Wildman–Crippen LogP) is 3.49. The average Bonchev–Trinajstić information content (AvgIpc) is 2.63. The summed E-state index contributed by atoms with van der Waals surface area (Å²) in [6.07, 6.45) is 0.499. The van der Waals surface area contributed by atoms with Gasteiger partial charge in [-0.05, 0) is 36.2 Å². The molecule has 0 spiro atoms. The average molecular weight is 508 g/mol. The van der Waals surface area contributed by atoms with Gasteiger partial charge in [0.1, 0.15) is 0 Å². The van der Waals surface area contributed by atoms with E-state index in [1.807, 2.05) is 24.3 Å². The summed E-state index contributed by atoms with van der Waals surface area (Å²) in [4.78, 5) is 4.49. The van der Waals surface area contributed by atoms with Crippen LogP contribution in [-0.4, -0.2) is 33.7 Å². The van der Waals surface area contributed by atoms with Crippen molar-refractivity contribution in [3.8, 4) is 0 Å². The first-order valence-corrected chi connectivity index (χ1v) is 10.0. The zero-order valence-corrected chi connectivity index (χ0v) is 18.4. The van der Waals surface area contributed by atoms with E-state index in [0.717, 1.165) is 5.56 Å². The molecule has 0 amide bonds. The highest BCUT2D eigenvalue weighted by Crippen LogP contribution is 2.11. The molecule has 0 aliphatic heterocycles. The molecule has 0 atom stereocenters. The second-order valence-corrected chi connectivity index (χ2v) is 8.01. The van der Waals surface area contributed by atoms with Gasteiger partial charge in [0.25, 0.3) is 0 Å². The Labute approximate surface area is 177 Å². The van der Waals surface area contributed by atoms with Crippen molar-refractivity contribution in [2.45, 2.75) is 17.9 Å². The molecular weight excluding hydrogens is 485 g/mol. The van der Waals surface area contributed by atoms with Crippen LogP contribution in [0.25, 0.3) is 0 Å². The molecule has 2 aromatic rings. The van der Waals surface area contributed by atoms with Crippen molar-refractivity contribution in [3.63, 3.8) is 0 Å². The minimum absolute atomic E-state index is 0. The van der Waals surface area contributed by atoms with Gasteiger partial charge in [-0.3, -0.25) is 4.99 Å². The van der Waals surface area contributed by atoms with Gasteiger partial charge in [0, 0.05) is 25.2 Å². The van der Waals surface area contributed by atoms with Crippen molar-refractivity contribution in [1.29, 1.82) is 0 Å². The number of guanidine groups is 1. The van der Waals surface area contributed by atoms with Crippen LogP contribution in [0.3, 0.4) is 0 Å². The van der Waals surface area contributed by atoms with Gasteiger partial charge in [-0.2, -0.15) is 0 Å². The fourth-order valence-electron chi connectivity index (χ4n) is 2.22. The number of nitrogens with zero attached hydrogens (tertiary/aromatic N) is 1. The maximum atomic E-state index is 12.2. The van der Waals surface area contributed by atoms with E-state index in [4.69, 9.17) is 11.6 Å². The quantitative estimate of drug-likeness (QED) is 0.261. The highest BCUT2D eigenvalue weighted by Gasteiger charge is 2.13. The molecule has 0 saturated heterocycles. The van der Waals surface area contributed by atoms with Crippen molar-refractivity contribution < 1.29 is 8.42 Å². The molecule has 26 heavy (non-hydrogen) atoms. The minimum atomic E-state index is -3.24. The van der Waals surface area contributed by atoms with E-state index in [9.17, 15) is 8.42 Å². The molecule has 2 rings (SSSR count). The van der Waals surface area contributed by atoms with Gasteiger partial charge in [0.2, 0.25) is 0 Å². The Balaban J connectivity index is 0.00000338. The number of rotatable bonds is 7. The van der Waals surface area contributed by atoms with Crippen molar-refractivity contribution in [2.75, 3.05) is 19.3 Å². The SMILES string of the molecule is CN=C(NCCCS(=O)(=O)c1ccccc1)NCc1ccc(Cl)cc1.I. The Morgan fingerprint density at radius 2 is 1.69 bits per heavy atom. The molecule has 0 aliphatic rings. The van der Waals surface area contributed by atoms with Gasteiger partial charge in [-0.1, -0.05) is 41.9 Å². The van der Waals surface area contributed by atoms with Crippen LogP contribution in [0.1, 0.15) is 12.0 Å². The summed E-state index contributed by atoms with van der Waals surface area (Å²) in [6, 6.07) is 16.1. The highest BCUT2D eigenvalue weighted by molar-refractivity contribution is 14.0. The molecule has 0 bridgehead atoms. The molecule has 2 N–H and O–H groups in total. The Bertz CT molecular complexity index is 797. The molecule has 0 unspecified atom stereocenters. The maximum Gasteiger partial charge on any atom is 0.191 e. The Morgan fingerprint density at radius 1 is 1.04 bits per heavy atom. The molecule has 142 valence electrons. The molecule has 5 nitrogen and oxygen atoms in total. The Kier molecular flexibility index (Phi) is 9.97. The van der Waals surface area contributed by atoms with Gasteiger partial charge < -0.3 is 10.6 Å². The summed E-state index contributed by atoms with van der Waals surface area (Å²) < 4.78 is 24.4. The van der Waals surface area contributed by atoms with Gasteiger partial charge in [0.15, 0.2) is 15.8 Å². The van der Waals surface area contributed by atoms with Crippen molar-refractivity contribution >= 4 is 51.4 Å². The molecule has 0 fully saturated rings. The number of sulfone groups is 1. The van der Waals surface area contributed by atoms with Crippen LogP contribution in [0.15, 0.2) is 64.5 Å².